The van der Waals surface area contributed by atoms with Gasteiger partial charge in [-0.2, -0.15) is 0 Å². The molecular formula is C22H20N2O3. The molecule has 0 saturated carbocycles. The summed E-state index contributed by atoms with van der Waals surface area (Å²) in [5.74, 6) is -1.26. The summed E-state index contributed by atoms with van der Waals surface area (Å²) in [6.07, 6.45) is 0. The number of fused-ring (bicyclic) bond motifs is 1. The van der Waals surface area contributed by atoms with Crippen molar-refractivity contribution in [3.8, 4) is 0 Å². The maximum atomic E-state index is 12.5. The molecule has 4 rings (SSSR count). The van der Waals surface area contributed by atoms with Gasteiger partial charge in [0.25, 0.3) is 0 Å². The molecule has 0 unspecified atom stereocenters. The molecule has 3 aromatic carbocycles. The van der Waals surface area contributed by atoms with Crippen molar-refractivity contribution < 1.29 is 14.7 Å². The Morgan fingerprint density at radius 1 is 0.889 bits per heavy atom. The Labute approximate surface area is 157 Å². The van der Waals surface area contributed by atoms with Crippen molar-refractivity contribution >= 4 is 22.6 Å². The lowest BCUT2D eigenvalue weighted by atomic mass is 9.91. The fraction of sp³-hybridized carbons (Fsp3) is 0.182. The molecule has 1 aliphatic heterocycles. The van der Waals surface area contributed by atoms with Crippen LogP contribution in [-0.4, -0.2) is 34.5 Å². The Bertz CT molecular complexity index is 982. The number of aliphatic hydroxyl groups is 1. The van der Waals surface area contributed by atoms with E-state index in [0.717, 1.165) is 21.9 Å². The highest BCUT2D eigenvalue weighted by molar-refractivity contribution is 6.35. The molecule has 1 fully saturated rings. The summed E-state index contributed by atoms with van der Waals surface area (Å²) in [6, 6.07) is 22.2. The van der Waals surface area contributed by atoms with Gasteiger partial charge in [-0.05, 0) is 21.9 Å². The van der Waals surface area contributed by atoms with Crippen LogP contribution >= 0.6 is 0 Å². The Morgan fingerprint density at radius 3 is 2.37 bits per heavy atom. The third-order valence-corrected chi connectivity index (χ3v) is 5.07. The van der Waals surface area contributed by atoms with E-state index in [1.165, 1.54) is 4.90 Å². The lowest BCUT2D eigenvalue weighted by molar-refractivity contribution is -0.154. The first kappa shape index (κ1) is 17.2. The van der Waals surface area contributed by atoms with Crippen LogP contribution in [0.4, 0.5) is 0 Å². The van der Waals surface area contributed by atoms with Crippen LogP contribution in [0, 0.1) is 0 Å². The second-order valence-corrected chi connectivity index (χ2v) is 6.69. The largest absolute Gasteiger partial charge is 0.394 e. The molecule has 2 amide bonds. The fourth-order valence-electron chi connectivity index (χ4n) is 3.74. The summed E-state index contributed by atoms with van der Waals surface area (Å²) in [6.45, 7) is 0.0341. The number of carbonyl (C=O) groups excluding carboxylic acids is 2. The van der Waals surface area contributed by atoms with E-state index in [-0.39, 0.29) is 13.2 Å². The zero-order chi connectivity index (χ0) is 18.8. The van der Waals surface area contributed by atoms with Gasteiger partial charge >= 0.3 is 11.8 Å². The van der Waals surface area contributed by atoms with Crippen molar-refractivity contribution in [1.29, 1.82) is 0 Å². The van der Waals surface area contributed by atoms with Gasteiger partial charge in [0.1, 0.15) is 0 Å². The Balaban J connectivity index is 1.76. The van der Waals surface area contributed by atoms with Gasteiger partial charge in [-0.1, -0.05) is 72.8 Å². The maximum Gasteiger partial charge on any atom is 0.312 e. The van der Waals surface area contributed by atoms with Gasteiger partial charge in [-0.3, -0.25) is 9.59 Å². The minimum absolute atomic E-state index is 0.243. The van der Waals surface area contributed by atoms with Crippen molar-refractivity contribution in [3.63, 3.8) is 0 Å². The number of nitrogens with zero attached hydrogens (tertiary/aromatic N) is 1. The molecule has 5 heteroatoms. The van der Waals surface area contributed by atoms with Crippen molar-refractivity contribution in [3.05, 3.63) is 83.9 Å². The summed E-state index contributed by atoms with van der Waals surface area (Å²) in [5, 5.41) is 14.9. The lowest BCUT2D eigenvalue weighted by Gasteiger charge is -2.40. The first-order valence-corrected chi connectivity index (χ1v) is 8.93. The number of aliphatic hydroxyl groups excluding tert-OH is 1. The number of carbonyl (C=O) groups is 2. The van der Waals surface area contributed by atoms with E-state index in [1.54, 1.807) is 0 Å². The first-order chi connectivity index (χ1) is 13.2. The van der Waals surface area contributed by atoms with Crippen LogP contribution in [0.25, 0.3) is 10.8 Å². The number of amides is 2. The summed E-state index contributed by atoms with van der Waals surface area (Å²) >= 11 is 0. The van der Waals surface area contributed by atoms with E-state index < -0.39 is 23.9 Å². The molecule has 27 heavy (non-hydrogen) atoms. The van der Waals surface area contributed by atoms with Gasteiger partial charge in [0.2, 0.25) is 0 Å². The topological polar surface area (TPSA) is 69.6 Å². The average molecular weight is 360 g/mol. The summed E-state index contributed by atoms with van der Waals surface area (Å²) in [4.78, 5) is 26.4. The molecule has 0 bridgehead atoms. The molecule has 5 nitrogen and oxygen atoms in total. The Kier molecular flexibility index (Phi) is 4.60. The van der Waals surface area contributed by atoms with Gasteiger partial charge in [-0.25, -0.2) is 0 Å². The minimum atomic E-state index is -0.645. The smallest absolute Gasteiger partial charge is 0.312 e. The van der Waals surface area contributed by atoms with Crippen molar-refractivity contribution in [2.24, 2.45) is 0 Å². The van der Waals surface area contributed by atoms with Crippen LogP contribution in [0.5, 0.6) is 0 Å². The van der Waals surface area contributed by atoms with E-state index >= 15 is 0 Å². The highest BCUT2D eigenvalue weighted by atomic mass is 16.3. The molecular weight excluding hydrogens is 340 g/mol. The average Bonchev–Trinajstić information content (AvgIpc) is 2.71. The number of piperazine rings is 1. The molecule has 2 atom stereocenters. The van der Waals surface area contributed by atoms with Crippen molar-refractivity contribution in [2.45, 2.75) is 18.6 Å². The second kappa shape index (κ2) is 7.21. The third-order valence-electron chi connectivity index (χ3n) is 5.07. The van der Waals surface area contributed by atoms with E-state index in [1.807, 2.05) is 72.8 Å². The summed E-state index contributed by atoms with van der Waals surface area (Å²) in [5.41, 5.74) is 1.81. The van der Waals surface area contributed by atoms with E-state index in [9.17, 15) is 14.7 Å². The first-order valence-electron chi connectivity index (χ1n) is 8.93. The van der Waals surface area contributed by atoms with Crippen LogP contribution < -0.4 is 5.32 Å². The monoisotopic (exact) mass is 360 g/mol. The van der Waals surface area contributed by atoms with Gasteiger partial charge < -0.3 is 15.3 Å². The van der Waals surface area contributed by atoms with E-state index in [4.69, 9.17) is 0 Å². The zero-order valence-corrected chi connectivity index (χ0v) is 14.7. The number of hydrogen-bond acceptors (Lipinski definition) is 3. The van der Waals surface area contributed by atoms with Crippen molar-refractivity contribution in [1.82, 2.24) is 10.2 Å². The number of benzene rings is 3. The van der Waals surface area contributed by atoms with Crippen LogP contribution in [0.15, 0.2) is 72.8 Å². The lowest BCUT2D eigenvalue weighted by Crippen LogP contribution is -2.60. The van der Waals surface area contributed by atoms with Gasteiger partial charge in [0, 0.05) is 6.54 Å². The Hall–Kier alpha value is -3.18. The fourth-order valence-corrected chi connectivity index (χ4v) is 3.74. The van der Waals surface area contributed by atoms with Gasteiger partial charge in [0.15, 0.2) is 0 Å². The number of nitrogens with one attached hydrogen (secondary N) is 1. The molecule has 1 saturated heterocycles. The molecule has 1 heterocycles. The van der Waals surface area contributed by atoms with E-state index in [0.29, 0.717) is 0 Å². The molecule has 0 aliphatic carbocycles. The molecule has 1 aliphatic rings. The molecule has 0 spiro atoms. The predicted molar refractivity (Wildman–Crippen MR) is 103 cm³/mol. The Morgan fingerprint density at radius 2 is 1.59 bits per heavy atom. The molecule has 2 N–H and O–H groups in total. The van der Waals surface area contributed by atoms with Crippen molar-refractivity contribution in [2.75, 3.05) is 6.61 Å². The van der Waals surface area contributed by atoms with Gasteiger partial charge in [0.05, 0.1) is 18.7 Å². The van der Waals surface area contributed by atoms with Crippen LogP contribution in [-0.2, 0) is 16.1 Å². The number of hydrogen-bond donors (Lipinski definition) is 2. The summed E-state index contributed by atoms with van der Waals surface area (Å²) < 4.78 is 0. The highest BCUT2D eigenvalue weighted by Crippen LogP contribution is 2.31. The van der Waals surface area contributed by atoms with Crippen LogP contribution in [0.1, 0.15) is 17.2 Å². The quantitative estimate of drug-likeness (QED) is 0.702. The predicted octanol–water partition coefficient (Wildman–Crippen LogP) is 2.40. The van der Waals surface area contributed by atoms with E-state index in [2.05, 4.69) is 5.32 Å². The zero-order valence-electron chi connectivity index (χ0n) is 14.7. The molecule has 0 radical (unpaired) electrons. The van der Waals surface area contributed by atoms with Crippen LogP contribution in [0.2, 0.25) is 0 Å². The molecule has 0 aromatic heterocycles. The summed E-state index contributed by atoms with van der Waals surface area (Å²) in [7, 11) is 0. The highest BCUT2D eigenvalue weighted by Gasteiger charge is 2.41. The SMILES string of the molecule is O=C1N[C@H](c2cccc3ccccc23)[C@@H](CO)N(Cc2ccccc2)C1=O. The normalized spacial score (nSPS) is 20.0. The number of rotatable bonds is 4. The minimum Gasteiger partial charge on any atom is -0.394 e. The maximum absolute atomic E-state index is 12.5. The molecule has 136 valence electrons. The second-order valence-electron chi connectivity index (χ2n) is 6.69. The van der Waals surface area contributed by atoms with Crippen LogP contribution in [0.3, 0.4) is 0 Å². The van der Waals surface area contributed by atoms with Gasteiger partial charge in [-0.15, -0.1) is 0 Å². The third kappa shape index (κ3) is 3.17. The standard InChI is InChI=1S/C22H20N2O3/c25-14-19-20(18-12-6-10-16-9-4-5-11-17(16)18)23-21(26)22(27)24(19)13-15-7-2-1-3-8-15/h1-12,19-20,25H,13-14H2,(H,23,26)/t19-,20-/m1/s1. The molecule has 3 aromatic rings.